The number of hydrogen-bond donors (Lipinski definition) is 1. The first-order valence-electron chi connectivity index (χ1n) is 6.80. The monoisotopic (exact) mass is 256 g/mol. The minimum absolute atomic E-state index is 0.174. The maximum absolute atomic E-state index is 6.13. The number of ether oxygens (including phenoxy) is 1. The van der Waals surface area contributed by atoms with E-state index in [-0.39, 0.29) is 11.5 Å². The van der Waals surface area contributed by atoms with Gasteiger partial charge in [0, 0.05) is 35.5 Å². The van der Waals surface area contributed by atoms with E-state index in [1.54, 1.807) is 0 Å². The second-order valence-corrected chi connectivity index (χ2v) is 5.86. The summed E-state index contributed by atoms with van der Waals surface area (Å²) in [6, 6.07) is 10.7. The number of pyridine rings is 1. The Labute approximate surface area is 114 Å². The fourth-order valence-corrected chi connectivity index (χ4v) is 2.86. The van der Waals surface area contributed by atoms with Crippen LogP contribution in [-0.2, 0) is 0 Å². The lowest BCUT2D eigenvalue weighted by atomic mass is 9.64. The van der Waals surface area contributed by atoms with Crippen LogP contribution < -0.4 is 10.1 Å². The Bertz CT molecular complexity index is 594. The van der Waals surface area contributed by atoms with Gasteiger partial charge in [-0.05, 0) is 25.2 Å². The number of rotatable bonds is 3. The van der Waals surface area contributed by atoms with Crippen molar-refractivity contribution in [3.63, 3.8) is 0 Å². The highest BCUT2D eigenvalue weighted by molar-refractivity contribution is 5.79. The molecule has 3 nitrogen and oxygen atoms in total. The van der Waals surface area contributed by atoms with Gasteiger partial charge in [-0.2, -0.15) is 0 Å². The van der Waals surface area contributed by atoms with E-state index < -0.39 is 0 Å². The Kier molecular flexibility index (Phi) is 2.94. The third-order valence-electron chi connectivity index (χ3n) is 4.38. The molecule has 1 aliphatic rings. The van der Waals surface area contributed by atoms with Gasteiger partial charge in [0.2, 0.25) is 0 Å². The summed E-state index contributed by atoms with van der Waals surface area (Å²) in [5.41, 5.74) is 1.16. The molecular formula is C16H20N2O. The van der Waals surface area contributed by atoms with Gasteiger partial charge in [-0.15, -0.1) is 0 Å². The minimum Gasteiger partial charge on any atom is -0.490 e. The van der Waals surface area contributed by atoms with Crippen molar-refractivity contribution in [1.82, 2.24) is 10.3 Å². The van der Waals surface area contributed by atoms with E-state index in [4.69, 9.17) is 4.74 Å². The molecule has 1 aromatic carbocycles. The first kappa shape index (κ1) is 12.4. The van der Waals surface area contributed by atoms with Crippen LogP contribution in [0.15, 0.2) is 36.5 Å². The van der Waals surface area contributed by atoms with Crippen LogP contribution in [0, 0.1) is 5.41 Å². The molecule has 1 fully saturated rings. The van der Waals surface area contributed by atoms with Crippen LogP contribution in [0.3, 0.4) is 0 Å². The molecule has 3 rings (SSSR count). The van der Waals surface area contributed by atoms with Crippen LogP contribution in [0.4, 0.5) is 0 Å². The van der Waals surface area contributed by atoms with E-state index in [1.165, 1.54) is 0 Å². The van der Waals surface area contributed by atoms with Crippen molar-refractivity contribution in [3.8, 4) is 5.75 Å². The van der Waals surface area contributed by atoms with Gasteiger partial charge in [-0.25, -0.2) is 0 Å². The maximum Gasteiger partial charge on any atom is 0.121 e. The fourth-order valence-electron chi connectivity index (χ4n) is 2.86. The fraction of sp³-hybridized carbons (Fsp3) is 0.438. The van der Waals surface area contributed by atoms with Gasteiger partial charge in [0.15, 0.2) is 0 Å². The Morgan fingerprint density at radius 1 is 1.32 bits per heavy atom. The highest BCUT2D eigenvalue weighted by Crippen LogP contribution is 2.43. The molecule has 1 aliphatic carbocycles. The molecular weight excluding hydrogens is 236 g/mol. The molecule has 0 radical (unpaired) electrons. The Hall–Kier alpha value is -1.61. The predicted molar refractivity (Wildman–Crippen MR) is 77.4 cm³/mol. The highest BCUT2D eigenvalue weighted by Gasteiger charge is 2.49. The summed E-state index contributed by atoms with van der Waals surface area (Å²) in [6.45, 7) is 4.50. The maximum atomic E-state index is 6.13. The van der Waals surface area contributed by atoms with Gasteiger partial charge in [-0.3, -0.25) is 4.98 Å². The average molecular weight is 256 g/mol. The lowest BCUT2D eigenvalue weighted by molar-refractivity contribution is -0.0520. The van der Waals surface area contributed by atoms with Crippen molar-refractivity contribution in [1.29, 1.82) is 0 Å². The van der Waals surface area contributed by atoms with Crippen molar-refractivity contribution < 1.29 is 4.74 Å². The molecule has 0 spiro atoms. The summed E-state index contributed by atoms with van der Waals surface area (Å²) < 4.78 is 6.13. The summed E-state index contributed by atoms with van der Waals surface area (Å²) in [5, 5.41) is 4.49. The summed E-state index contributed by atoms with van der Waals surface area (Å²) in [5.74, 6) is 0.916. The van der Waals surface area contributed by atoms with Crippen LogP contribution >= 0.6 is 0 Å². The number of nitrogens with one attached hydrogen (secondary N) is 1. The quantitative estimate of drug-likeness (QED) is 0.916. The van der Waals surface area contributed by atoms with E-state index >= 15 is 0 Å². The highest BCUT2D eigenvalue weighted by atomic mass is 16.5. The lowest BCUT2D eigenvalue weighted by Gasteiger charge is -2.51. The van der Waals surface area contributed by atoms with Crippen LogP contribution in [0.25, 0.3) is 10.9 Å². The van der Waals surface area contributed by atoms with Crippen molar-refractivity contribution in [2.24, 2.45) is 5.41 Å². The van der Waals surface area contributed by atoms with E-state index in [9.17, 15) is 0 Å². The standard InChI is InChI=1S/C16H20N2O/c1-16(2)14(17-3)10-15(16)19-12-7-6-11-5-4-8-18-13(11)9-12/h4-9,14-15,17H,10H2,1-3H3. The van der Waals surface area contributed by atoms with Crippen molar-refractivity contribution in [2.45, 2.75) is 32.4 Å². The van der Waals surface area contributed by atoms with Crippen LogP contribution in [0.5, 0.6) is 5.75 Å². The van der Waals surface area contributed by atoms with Gasteiger partial charge < -0.3 is 10.1 Å². The smallest absolute Gasteiger partial charge is 0.121 e. The van der Waals surface area contributed by atoms with Gasteiger partial charge in [0.05, 0.1) is 5.52 Å². The minimum atomic E-state index is 0.174. The van der Waals surface area contributed by atoms with E-state index in [0.29, 0.717) is 6.04 Å². The Balaban J connectivity index is 1.79. The SMILES string of the molecule is CNC1CC(Oc2ccc3cccnc3c2)C1(C)C. The van der Waals surface area contributed by atoms with Crippen molar-refractivity contribution >= 4 is 10.9 Å². The van der Waals surface area contributed by atoms with Gasteiger partial charge in [0.1, 0.15) is 11.9 Å². The molecule has 0 amide bonds. The third-order valence-corrected chi connectivity index (χ3v) is 4.38. The molecule has 0 saturated heterocycles. The normalized spacial score (nSPS) is 25.0. The van der Waals surface area contributed by atoms with E-state index in [0.717, 1.165) is 23.1 Å². The van der Waals surface area contributed by atoms with Crippen molar-refractivity contribution in [2.75, 3.05) is 7.05 Å². The summed E-state index contributed by atoms with van der Waals surface area (Å²) in [4.78, 5) is 4.37. The molecule has 2 aromatic rings. The molecule has 1 N–H and O–H groups in total. The number of nitrogens with zero attached hydrogens (tertiary/aromatic N) is 1. The lowest BCUT2D eigenvalue weighted by Crippen LogP contribution is -2.61. The zero-order chi connectivity index (χ0) is 13.5. The number of aromatic nitrogens is 1. The Morgan fingerprint density at radius 2 is 2.16 bits per heavy atom. The predicted octanol–water partition coefficient (Wildman–Crippen LogP) is 3.00. The molecule has 0 aliphatic heterocycles. The number of benzene rings is 1. The molecule has 19 heavy (non-hydrogen) atoms. The van der Waals surface area contributed by atoms with Crippen LogP contribution in [0.1, 0.15) is 20.3 Å². The van der Waals surface area contributed by atoms with Crippen molar-refractivity contribution in [3.05, 3.63) is 36.5 Å². The average Bonchev–Trinajstić information content (AvgIpc) is 2.42. The Morgan fingerprint density at radius 3 is 2.89 bits per heavy atom. The van der Waals surface area contributed by atoms with Gasteiger partial charge in [-0.1, -0.05) is 19.9 Å². The van der Waals surface area contributed by atoms with Gasteiger partial charge in [0.25, 0.3) is 0 Å². The molecule has 100 valence electrons. The second-order valence-electron chi connectivity index (χ2n) is 5.86. The molecule has 1 aromatic heterocycles. The first-order chi connectivity index (χ1) is 9.11. The molecule has 2 unspecified atom stereocenters. The topological polar surface area (TPSA) is 34.1 Å². The largest absolute Gasteiger partial charge is 0.490 e. The summed E-state index contributed by atoms with van der Waals surface area (Å²) in [7, 11) is 2.02. The van der Waals surface area contributed by atoms with Gasteiger partial charge >= 0.3 is 0 Å². The van der Waals surface area contributed by atoms with Crippen LogP contribution in [0.2, 0.25) is 0 Å². The molecule has 0 bridgehead atoms. The van der Waals surface area contributed by atoms with E-state index in [1.807, 2.05) is 31.4 Å². The molecule has 1 heterocycles. The zero-order valence-electron chi connectivity index (χ0n) is 11.7. The summed E-state index contributed by atoms with van der Waals surface area (Å²) >= 11 is 0. The molecule has 1 saturated carbocycles. The summed E-state index contributed by atoms with van der Waals surface area (Å²) in [6.07, 6.45) is 3.14. The second kappa shape index (κ2) is 4.49. The zero-order valence-corrected chi connectivity index (χ0v) is 11.7. The van der Waals surface area contributed by atoms with E-state index in [2.05, 4.69) is 36.3 Å². The number of hydrogen-bond acceptors (Lipinski definition) is 3. The molecule has 3 heteroatoms. The van der Waals surface area contributed by atoms with Crippen LogP contribution in [-0.4, -0.2) is 24.2 Å². The molecule has 2 atom stereocenters. The first-order valence-corrected chi connectivity index (χ1v) is 6.80. The third kappa shape index (κ3) is 2.08. The number of fused-ring (bicyclic) bond motifs is 1.